The van der Waals surface area contributed by atoms with E-state index in [2.05, 4.69) is 10.1 Å². The van der Waals surface area contributed by atoms with Crippen molar-refractivity contribution >= 4 is 16.7 Å². The minimum absolute atomic E-state index is 0.00686. The Morgan fingerprint density at radius 1 is 1.23 bits per heavy atom. The first kappa shape index (κ1) is 17.8. The third kappa shape index (κ3) is 3.49. The molecule has 1 heterocycles. The minimum atomic E-state index is -2.77. The number of para-hydroxylation sites is 2. The Morgan fingerprint density at radius 2 is 2.00 bits per heavy atom. The molecule has 0 amide bonds. The molecule has 0 saturated heterocycles. The number of fused-ring (bicyclic) bond motifs is 1. The molecular formula is C18H16F3N3O2. The Bertz CT molecular complexity index is 954. The van der Waals surface area contributed by atoms with Crippen molar-refractivity contribution in [1.29, 1.82) is 0 Å². The van der Waals surface area contributed by atoms with Crippen LogP contribution >= 0.6 is 0 Å². The van der Waals surface area contributed by atoms with E-state index < -0.39 is 12.4 Å². The molecule has 5 nitrogen and oxygen atoms in total. The van der Waals surface area contributed by atoms with E-state index in [1.807, 2.05) is 0 Å². The molecule has 0 fully saturated rings. The number of hydrogen-bond donors (Lipinski definition) is 0. The van der Waals surface area contributed by atoms with Gasteiger partial charge in [0.15, 0.2) is 5.82 Å². The summed E-state index contributed by atoms with van der Waals surface area (Å²) in [7, 11) is 1.45. The Labute approximate surface area is 147 Å². The first-order chi connectivity index (χ1) is 12.5. The predicted molar refractivity (Wildman–Crippen MR) is 90.9 cm³/mol. The first-order valence-corrected chi connectivity index (χ1v) is 7.75. The van der Waals surface area contributed by atoms with E-state index >= 15 is 0 Å². The van der Waals surface area contributed by atoms with Gasteiger partial charge in [-0.25, -0.2) is 9.37 Å². The van der Waals surface area contributed by atoms with E-state index in [-0.39, 0.29) is 18.1 Å². The fourth-order valence-corrected chi connectivity index (χ4v) is 2.60. The number of halogens is 3. The zero-order valence-corrected chi connectivity index (χ0v) is 14.1. The molecule has 1 aromatic heterocycles. The van der Waals surface area contributed by atoms with Crippen LogP contribution in [0.25, 0.3) is 11.0 Å². The number of ether oxygens (including phenoxy) is 1. The summed E-state index contributed by atoms with van der Waals surface area (Å²) in [5, 5.41) is 3.86. The van der Waals surface area contributed by atoms with Gasteiger partial charge in [0.25, 0.3) is 0 Å². The summed E-state index contributed by atoms with van der Waals surface area (Å²) in [6.45, 7) is -1.33. The molecule has 0 unspecified atom stereocenters. The third-order valence-corrected chi connectivity index (χ3v) is 3.78. The van der Waals surface area contributed by atoms with E-state index in [9.17, 15) is 13.2 Å². The minimum Gasteiger partial charge on any atom is -0.496 e. The molecule has 3 aromatic rings. The van der Waals surface area contributed by atoms with Gasteiger partial charge in [-0.2, -0.15) is 8.78 Å². The van der Waals surface area contributed by atoms with Crippen molar-refractivity contribution < 1.29 is 22.7 Å². The van der Waals surface area contributed by atoms with E-state index in [0.29, 0.717) is 22.3 Å². The summed E-state index contributed by atoms with van der Waals surface area (Å²) >= 11 is 0. The van der Waals surface area contributed by atoms with Crippen molar-refractivity contribution in [3.8, 4) is 5.75 Å². The summed E-state index contributed by atoms with van der Waals surface area (Å²) in [6, 6.07) is 10.6. The number of oxime groups is 1. The van der Waals surface area contributed by atoms with Crippen molar-refractivity contribution in [2.75, 3.05) is 7.11 Å². The number of benzene rings is 2. The van der Waals surface area contributed by atoms with Gasteiger partial charge in [-0.1, -0.05) is 17.3 Å². The van der Waals surface area contributed by atoms with Crippen LogP contribution in [0, 0.1) is 5.82 Å². The van der Waals surface area contributed by atoms with Gasteiger partial charge >= 0.3 is 6.55 Å². The van der Waals surface area contributed by atoms with Gasteiger partial charge in [0.05, 0.1) is 18.1 Å². The predicted octanol–water partition coefficient (Wildman–Crippen LogP) is 4.52. The molecule has 2 aromatic carbocycles. The lowest BCUT2D eigenvalue weighted by Gasteiger charge is -2.09. The summed E-state index contributed by atoms with van der Waals surface area (Å²) in [5.41, 5.74) is 1.37. The lowest BCUT2D eigenvalue weighted by atomic mass is 10.2. The molecule has 0 aliphatic heterocycles. The van der Waals surface area contributed by atoms with E-state index in [1.54, 1.807) is 24.3 Å². The van der Waals surface area contributed by atoms with Crippen molar-refractivity contribution in [3.63, 3.8) is 0 Å². The van der Waals surface area contributed by atoms with Crippen molar-refractivity contribution in [1.82, 2.24) is 9.55 Å². The second kappa shape index (κ2) is 7.47. The highest BCUT2D eigenvalue weighted by atomic mass is 19.3. The standard InChI is InChI=1S/C18H16F3N3O2/c1-11(23-26-10-12-9-13(19)7-8-16(12)25-2)17-22-14-5-3-4-6-15(14)24(17)18(20)21/h3-9,18H,10H2,1-2H3/b23-11-. The van der Waals surface area contributed by atoms with Crippen LogP contribution in [0.15, 0.2) is 47.6 Å². The summed E-state index contributed by atoms with van der Waals surface area (Å²) in [4.78, 5) is 9.40. The number of imidazole rings is 1. The zero-order valence-electron chi connectivity index (χ0n) is 14.1. The first-order valence-electron chi connectivity index (χ1n) is 7.75. The fraction of sp³-hybridized carbons (Fsp3) is 0.222. The molecule has 136 valence electrons. The van der Waals surface area contributed by atoms with Crippen LogP contribution in [0.2, 0.25) is 0 Å². The quantitative estimate of drug-likeness (QED) is 0.478. The average molecular weight is 363 g/mol. The van der Waals surface area contributed by atoms with Crippen LogP contribution in [0.5, 0.6) is 5.75 Å². The summed E-state index contributed by atoms with van der Waals surface area (Å²) in [6.07, 6.45) is 0. The molecule has 0 bridgehead atoms. The smallest absolute Gasteiger partial charge is 0.320 e. The lowest BCUT2D eigenvalue weighted by Crippen LogP contribution is -2.10. The number of rotatable bonds is 6. The maximum Gasteiger partial charge on any atom is 0.320 e. The molecular weight excluding hydrogens is 347 g/mol. The summed E-state index contributed by atoms with van der Waals surface area (Å²) < 4.78 is 46.2. The van der Waals surface area contributed by atoms with E-state index in [1.165, 1.54) is 32.2 Å². The molecule has 26 heavy (non-hydrogen) atoms. The SMILES string of the molecule is COc1ccc(F)cc1CO/N=C(/C)c1nc2ccccc2n1C(F)F. The van der Waals surface area contributed by atoms with Crippen LogP contribution in [0.4, 0.5) is 13.2 Å². The van der Waals surface area contributed by atoms with Gasteiger partial charge in [-0.15, -0.1) is 0 Å². The summed E-state index contributed by atoms with van der Waals surface area (Å²) in [5.74, 6) is 0.0103. The molecule has 0 saturated carbocycles. The van der Waals surface area contributed by atoms with Crippen molar-refractivity contribution in [2.24, 2.45) is 5.16 Å². The van der Waals surface area contributed by atoms with Crippen LogP contribution < -0.4 is 4.74 Å². The molecule has 8 heteroatoms. The van der Waals surface area contributed by atoms with Crippen molar-refractivity contribution in [2.45, 2.75) is 20.1 Å². The highest BCUT2D eigenvalue weighted by molar-refractivity contribution is 5.98. The second-order valence-electron chi connectivity index (χ2n) is 5.48. The Hall–Kier alpha value is -3.03. The lowest BCUT2D eigenvalue weighted by molar-refractivity contribution is 0.0736. The van der Waals surface area contributed by atoms with Gasteiger partial charge in [-0.3, -0.25) is 4.57 Å². The number of aromatic nitrogens is 2. The van der Waals surface area contributed by atoms with Gasteiger partial charge in [0.1, 0.15) is 23.9 Å². The number of methoxy groups -OCH3 is 1. The maximum absolute atomic E-state index is 13.5. The molecule has 3 rings (SSSR count). The number of nitrogens with zero attached hydrogens (tertiary/aromatic N) is 3. The van der Waals surface area contributed by atoms with Crippen LogP contribution in [0.3, 0.4) is 0 Å². The van der Waals surface area contributed by atoms with Crippen LogP contribution in [-0.2, 0) is 11.4 Å². The van der Waals surface area contributed by atoms with Gasteiger partial charge in [0.2, 0.25) is 0 Å². The topological polar surface area (TPSA) is 48.6 Å². The van der Waals surface area contributed by atoms with Gasteiger partial charge in [0, 0.05) is 5.56 Å². The fourth-order valence-electron chi connectivity index (χ4n) is 2.60. The normalized spacial score (nSPS) is 12.0. The van der Waals surface area contributed by atoms with Crippen LogP contribution in [-0.4, -0.2) is 22.4 Å². The highest BCUT2D eigenvalue weighted by Crippen LogP contribution is 2.24. The highest BCUT2D eigenvalue weighted by Gasteiger charge is 2.19. The maximum atomic E-state index is 13.5. The van der Waals surface area contributed by atoms with Gasteiger partial charge in [-0.05, 0) is 37.3 Å². The Morgan fingerprint density at radius 3 is 2.73 bits per heavy atom. The second-order valence-corrected chi connectivity index (χ2v) is 5.48. The van der Waals surface area contributed by atoms with Crippen LogP contribution in [0.1, 0.15) is 24.9 Å². The molecule has 0 N–H and O–H groups in total. The van der Waals surface area contributed by atoms with Gasteiger partial charge < -0.3 is 9.57 Å². The van der Waals surface area contributed by atoms with Crippen molar-refractivity contribution in [3.05, 3.63) is 59.7 Å². The molecule has 0 spiro atoms. The largest absolute Gasteiger partial charge is 0.496 e. The monoisotopic (exact) mass is 363 g/mol. The zero-order chi connectivity index (χ0) is 18.7. The Balaban J connectivity index is 1.86. The van der Waals surface area contributed by atoms with E-state index in [0.717, 1.165) is 4.57 Å². The number of hydrogen-bond acceptors (Lipinski definition) is 4. The Kier molecular flexibility index (Phi) is 5.11. The molecule has 0 aliphatic rings. The number of alkyl halides is 2. The average Bonchev–Trinajstić information content (AvgIpc) is 3.01. The third-order valence-electron chi connectivity index (χ3n) is 3.78. The molecule has 0 aliphatic carbocycles. The molecule has 0 atom stereocenters. The molecule has 0 radical (unpaired) electrons. The van der Waals surface area contributed by atoms with E-state index in [4.69, 9.17) is 9.57 Å².